The molecule has 0 amide bonds. The average molecular weight is 438 g/mol. The first-order valence-electron chi connectivity index (χ1n) is 10.1. The number of fused-ring (bicyclic) bond motifs is 1. The Morgan fingerprint density at radius 1 is 1.18 bits per heavy atom. The molecule has 0 fully saturated rings. The molecular weight excluding hydrogens is 420 g/mol. The van der Waals surface area contributed by atoms with Gasteiger partial charge in [-0.05, 0) is 38.1 Å². The molecule has 4 aromatic heterocycles. The van der Waals surface area contributed by atoms with Gasteiger partial charge in [-0.15, -0.1) is 5.10 Å². The minimum absolute atomic E-state index is 0.225. The largest absolute Gasteiger partial charge is 0.389 e. The highest BCUT2D eigenvalue weighted by Gasteiger charge is 2.21. The molecule has 11 nitrogen and oxygen atoms in total. The van der Waals surface area contributed by atoms with Crippen LogP contribution in [0.1, 0.15) is 30.0 Å². The zero-order valence-electron chi connectivity index (χ0n) is 17.7. The van der Waals surface area contributed by atoms with Crippen molar-refractivity contribution in [1.82, 2.24) is 39.9 Å². The molecule has 0 spiro atoms. The van der Waals surface area contributed by atoms with Crippen LogP contribution in [0.25, 0.3) is 28.1 Å². The number of anilines is 2. The zero-order valence-corrected chi connectivity index (χ0v) is 17.7. The molecule has 0 saturated heterocycles. The van der Waals surface area contributed by atoms with Crippen molar-refractivity contribution in [3.8, 4) is 23.1 Å². The van der Waals surface area contributed by atoms with Gasteiger partial charge in [-0.25, -0.2) is 15.0 Å². The van der Waals surface area contributed by atoms with Gasteiger partial charge in [0.1, 0.15) is 18.2 Å². The van der Waals surface area contributed by atoms with E-state index in [1.54, 1.807) is 25.5 Å². The normalized spacial score (nSPS) is 11.9. The van der Waals surface area contributed by atoms with E-state index in [1.807, 2.05) is 35.8 Å². The molecule has 33 heavy (non-hydrogen) atoms. The number of imidazole rings is 1. The summed E-state index contributed by atoms with van der Waals surface area (Å²) in [5, 5.41) is 37.5. The maximum atomic E-state index is 10.3. The van der Waals surface area contributed by atoms with Crippen LogP contribution in [-0.2, 0) is 0 Å². The number of nitriles is 1. The van der Waals surface area contributed by atoms with Crippen molar-refractivity contribution in [1.29, 1.82) is 5.26 Å². The summed E-state index contributed by atoms with van der Waals surface area (Å²) in [4.78, 5) is 13.4. The molecule has 1 atom stereocenters. The molecule has 1 aromatic carbocycles. The Morgan fingerprint density at radius 2 is 2.06 bits per heavy atom. The molecule has 0 unspecified atom stereocenters. The summed E-state index contributed by atoms with van der Waals surface area (Å²) in [5.41, 5.74) is 4.94. The monoisotopic (exact) mass is 438 g/mol. The van der Waals surface area contributed by atoms with Crippen molar-refractivity contribution in [2.75, 3.05) is 5.32 Å². The van der Waals surface area contributed by atoms with Crippen LogP contribution in [0.5, 0.6) is 0 Å². The van der Waals surface area contributed by atoms with E-state index in [1.165, 1.54) is 6.20 Å². The number of aryl methyl sites for hydroxylation is 1. The van der Waals surface area contributed by atoms with Gasteiger partial charge in [0.25, 0.3) is 0 Å². The fourth-order valence-electron chi connectivity index (χ4n) is 3.64. The van der Waals surface area contributed by atoms with E-state index in [0.29, 0.717) is 34.3 Å². The highest BCUT2D eigenvalue weighted by atomic mass is 16.3. The Bertz CT molecular complexity index is 1500. The van der Waals surface area contributed by atoms with Gasteiger partial charge in [0.2, 0.25) is 5.95 Å². The molecule has 0 aliphatic carbocycles. The lowest BCUT2D eigenvalue weighted by atomic mass is 10.0. The Labute approximate surface area is 187 Å². The number of hydrogen-bond donors (Lipinski definition) is 3. The number of hydrogen-bond acceptors (Lipinski definition) is 9. The van der Waals surface area contributed by atoms with Gasteiger partial charge >= 0.3 is 0 Å². The number of aliphatic hydroxyl groups excluding tert-OH is 1. The Balaban J connectivity index is 1.59. The first-order valence-corrected chi connectivity index (χ1v) is 10.1. The van der Waals surface area contributed by atoms with Gasteiger partial charge in [-0.3, -0.25) is 9.67 Å². The summed E-state index contributed by atoms with van der Waals surface area (Å²) < 4.78 is 1.84. The van der Waals surface area contributed by atoms with Crippen LogP contribution in [0, 0.1) is 18.3 Å². The maximum Gasteiger partial charge on any atom is 0.247 e. The Kier molecular flexibility index (Phi) is 4.96. The SMILES string of the molecule is Cc1[nH]nc(C#N)c1-c1nc(-n2cnc3cc(Nc4nccnn4)ccc32)ccc1[C@H](C)O. The van der Waals surface area contributed by atoms with Gasteiger partial charge < -0.3 is 10.4 Å². The van der Waals surface area contributed by atoms with E-state index in [4.69, 9.17) is 4.98 Å². The molecule has 0 radical (unpaired) electrons. The van der Waals surface area contributed by atoms with Gasteiger partial charge in [0.05, 0.1) is 40.8 Å². The number of nitrogens with one attached hydrogen (secondary N) is 2. The zero-order chi connectivity index (χ0) is 22.9. The topological polar surface area (TPSA) is 154 Å². The lowest BCUT2D eigenvalue weighted by Crippen LogP contribution is -2.04. The third kappa shape index (κ3) is 3.64. The van der Waals surface area contributed by atoms with Crippen molar-refractivity contribution < 1.29 is 5.11 Å². The summed E-state index contributed by atoms with van der Waals surface area (Å²) in [6, 6.07) is 11.4. The summed E-state index contributed by atoms with van der Waals surface area (Å²) in [6.45, 7) is 3.48. The van der Waals surface area contributed by atoms with Crippen LogP contribution < -0.4 is 5.32 Å². The number of H-pyrrole nitrogens is 1. The third-order valence-corrected chi connectivity index (χ3v) is 5.18. The fraction of sp³-hybridized carbons (Fsp3) is 0.136. The molecule has 162 valence electrons. The summed E-state index contributed by atoms with van der Waals surface area (Å²) in [7, 11) is 0. The van der Waals surface area contributed by atoms with Crippen LogP contribution in [-0.4, -0.2) is 45.0 Å². The van der Waals surface area contributed by atoms with Crippen LogP contribution in [0.3, 0.4) is 0 Å². The second-order valence-electron chi connectivity index (χ2n) is 7.38. The molecule has 5 aromatic rings. The van der Waals surface area contributed by atoms with E-state index in [0.717, 1.165) is 16.7 Å². The van der Waals surface area contributed by atoms with E-state index < -0.39 is 6.10 Å². The molecule has 0 bridgehead atoms. The first-order chi connectivity index (χ1) is 16.0. The van der Waals surface area contributed by atoms with Gasteiger partial charge in [0, 0.05) is 16.9 Å². The lowest BCUT2D eigenvalue weighted by Gasteiger charge is -2.14. The number of rotatable bonds is 5. The smallest absolute Gasteiger partial charge is 0.247 e. The number of benzene rings is 1. The van der Waals surface area contributed by atoms with Crippen LogP contribution in [0.15, 0.2) is 49.1 Å². The minimum Gasteiger partial charge on any atom is -0.389 e. The number of aromatic nitrogens is 8. The van der Waals surface area contributed by atoms with Crippen molar-refractivity contribution >= 4 is 22.7 Å². The van der Waals surface area contributed by atoms with Crippen molar-refractivity contribution in [2.24, 2.45) is 0 Å². The minimum atomic E-state index is -0.773. The first kappa shape index (κ1) is 20.2. The molecule has 4 heterocycles. The van der Waals surface area contributed by atoms with Crippen molar-refractivity contribution in [3.63, 3.8) is 0 Å². The summed E-state index contributed by atoms with van der Waals surface area (Å²) in [6.07, 6.45) is 3.97. The number of aromatic amines is 1. The molecule has 0 saturated carbocycles. The van der Waals surface area contributed by atoms with Crippen LogP contribution >= 0.6 is 0 Å². The molecule has 0 aliphatic heterocycles. The van der Waals surface area contributed by atoms with E-state index >= 15 is 0 Å². The Hall–Kier alpha value is -4.69. The predicted octanol–water partition coefficient (Wildman–Crippen LogP) is 2.97. The molecule has 11 heteroatoms. The van der Waals surface area contributed by atoms with Crippen molar-refractivity contribution in [2.45, 2.75) is 20.0 Å². The lowest BCUT2D eigenvalue weighted by molar-refractivity contribution is 0.199. The molecular formula is C22H18N10O. The number of aliphatic hydroxyl groups is 1. The molecule has 5 rings (SSSR count). The van der Waals surface area contributed by atoms with Gasteiger partial charge in [0.15, 0.2) is 5.69 Å². The summed E-state index contributed by atoms with van der Waals surface area (Å²) >= 11 is 0. The average Bonchev–Trinajstić information content (AvgIpc) is 3.42. The summed E-state index contributed by atoms with van der Waals surface area (Å²) in [5.74, 6) is 0.984. The second kappa shape index (κ2) is 8.10. The standard InChI is InChI=1S/C22H18N10O/c1-12-20(17(10-23)30-29-12)21-15(13(2)33)4-6-19(28-21)32-11-25-16-9-14(3-5-18(16)32)27-22-24-7-8-26-31-22/h3-9,11,13,33H,1-2H3,(H,29,30)(H,24,27,31)/t13-/m0/s1. The van der Waals surface area contributed by atoms with E-state index in [2.05, 4.69) is 41.7 Å². The third-order valence-electron chi connectivity index (χ3n) is 5.18. The van der Waals surface area contributed by atoms with Crippen LogP contribution in [0.4, 0.5) is 11.6 Å². The highest BCUT2D eigenvalue weighted by Crippen LogP contribution is 2.32. The van der Waals surface area contributed by atoms with E-state index in [-0.39, 0.29) is 5.69 Å². The highest BCUT2D eigenvalue weighted by molar-refractivity contribution is 5.82. The van der Waals surface area contributed by atoms with E-state index in [9.17, 15) is 10.4 Å². The maximum absolute atomic E-state index is 10.3. The molecule has 3 N–H and O–H groups in total. The Morgan fingerprint density at radius 3 is 2.82 bits per heavy atom. The second-order valence-corrected chi connectivity index (χ2v) is 7.38. The number of nitrogens with zero attached hydrogens (tertiary/aromatic N) is 8. The van der Waals surface area contributed by atoms with Crippen molar-refractivity contribution in [3.05, 3.63) is 66.0 Å². The molecule has 0 aliphatic rings. The quantitative estimate of drug-likeness (QED) is 0.375. The number of pyridine rings is 1. The van der Waals surface area contributed by atoms with Gasteiger partial charge in [-0.1, -0.05) is 6.07 Å². The van der Waals surface area contributed by atoms with Gasteiger partial charge in [-0.2, -0.15) is 15.5 Å². The van der Waals surface area contributed by atoms with Crippen LogP contribution in [0.2, 0.25) is 0 Å². The fourth-order valence-corrected chi connectivity index (χ4v) is 3.64. The predicted molar refractivity (Wildman–Crippen MR) is 120 cm³/mol.